The number of hydrogen-bond donors (Lipinski definition) is 3. The van der Waals surface area contributed by atoms with Crippen LogP contribution < -0.4 is 0 Å². The molecule has 0 aliphatic carbocycles. The number of Topliss-reactive ketones (excluding diaryl/α,β-unsaturated/α-hetero) is 2. The quantitative estimate of drug-likeness (QED) is 0.237. The summed E-state index contributed by atoms with van der Waals surface area (Å²) in [6, 6.07) is 0. The van der Waals surface area contributed by atoms with E-state index in [1.54, 1.807) is 0 Å². The molecule has 0 spiro atoms. The van der Waals surface area contributed by atoms with Crippen molar-refractivity contribution < 1.29 is 24.9 Å². The van der Waals surface area contributed by atoms with Gasteiger partial charge in [-0.1, -0.05) is 84.0 Å². The number of carbonyl (C=O) groups excluding carboxylic acids is 2. The molecule has 0 aliphatic heterocycles. The van der Waals surface area contributed by atoms with Gasteiger partial charge in [0.15, 0.2) is 5.78 Å². The average molecular weight is 373 g/mol. The maximum Gasteiger partial charge on any atom is 0.171 e. The molecule has 3 N–H and O–H groups in total. The van der Waals surface area contributed by atoms with E-state index in [0.717, 1.165) is 19.3 Å². The van der Waals surface area contributed by atoms with Crippen LogP contribution in [-0.4, -0.2) is 45.7 Å². The first kappa shape index (κ1) is 25.2. The van der Waals surface area contributed by atoms with Gasteiger partial charge in [0.25, 0.3) is 0 Å². The molecule has 0 amide bonds. The van der Waals surface area contributed by atoms with Gasteiger partial charge in [-0.25, -0.2) is 0 Å². The van der Waals surface area contributed by atoms with E-state index in [1.807, 2.05) is 0 Å². The monoisotopic (exact) mass is 372 g/mol. The minimum atomic E-state index is -1.67. The van der Waals surface area contributed by atoms with Crippen molar-refractivity contribution in [2.75, 3.05) is 6.61 Å². The molecule has 0 aromatic carbocycles. The predicted octanol–water partition coefficient (Wildman–Crippen LogP) is 3.71. The van der Waals surface area contributed by atoms with Crippen LogP contribution in [0.4, 0.5) is 0 Å². The second kappa shape index (κ2) is 17.6. The highest BCUT2D eigenvalue weighted by Gasteiger charge is 2.24. The first-order valence-corrected chi connectivity index (χ1v) is 10.5. The van der Waals surface area contributed by atoms with Crippen molar-refractivity contribution in [3.8, 4) is 0 Å². The van der Waals surface area contributed by atoms with Crippen molar-refractivity contribution in [3.05, 3.63) is 0 Å². The van der Waals surface area contributed by atoms with Crippen LogP contribution in [0.3, 0.4) is 0 Å². The Labute approximate surface area is 159 Å². The maximum absolute atomic E-state index is 11.7. The van der Waals surface area contributed by atoms with Crippen LogP contribution in [0.2, 0.25) is 0 Å². The summed E-state index contributed by atoms with van der Waals surface area (Å²) in [6.07, 6.45) is 12.9. The Morgan fingerprint density at radius 1 is 0.731 bits per heavy atom. The molecule has 0 aliphatic rings. The van der Waals surface area contributed by atoms with Gasteiger partial charge in [0.2, 0.25) is 0 Å². The molecule has 0 heterocycles. The Balaban J connectivity index is 3.42. The Bertz CT molecular complexity index is 356. The molecule has 0 saturated heterocycles. The summed E-state index contributed by atoms with van der Waals surface area (Å²) >= 11 is 0. The molecule has 0 saturated carbocycles. The summed E-state index contributed by atoms with van der Waals surface area (Å²) < 4.78 is 0. The molecular formula is C21H40O5. The van der Waals surface area contributed by atoms with Crippen LogP contribution in [0, 0.1) is 0 Å². The number of aliphatic hydroxyl groups excluding tert-OH is 3. The van der Waals surface area contributed by atoms with E-state index in [-0.39, 0.29) is 12.2 Å². The standard InChI is InChI=1S/C21H40O5/c1-2-3-4-5-6-7-8-9-10-11-12-13-14-15-18(23)16-19(24)21(26)20(25)17-22/h20-22,25-26H,2-17H2,1H3. The minimum Gasteiger partial charge on any atom is -0.394 e. The molecule has 154 valence electrons. The molecule has 26 heavy (non-hydrogen) atoms. The zero-order valence-electron chi connectivity index (χ0n) is 16.6. The normalized spacial score (nSPS) is 13.5. The van der Waals surface area contributed by atoms with E-state index in [9.17, 15) is 19.8 Å². The molecule has 0 bridgehead atoms. The first-order chi connectivity index (χ1) is 12.5. The maximum atomic E-state index is 11.7. The molecule has 0 rings (SSSR count). The SMILES string of the molecule is CCCCCCCCCCCCCCCC(=O)CC(=O)C(O)C(O)CO. The van der Waals surface area contributed by atoms with Crippen molar-refractivity contribution in [3.63, 3.8) is 0 Å². The lowest BCUT2D eigenvalue weighted by molar-refractivity contribution is -0.138. The van der Waals surface area contributed by atoms with Gasteiger partial charge in [-0.15, -0.1) is 0 Å². The third-order valence-electron chi connectivity index (χ3n) is 4.81. The van der Waals surface area contributed by atoms with Gasteiger partial charge >= 0.3 is 0 Å². The summed E-state index contributed by atoms with van der Waals surface area (Å²) in [5.41, 5.74) is 0. The van der Waals surface area contributed by atoms with Crippen LogP contribution >= 0.6 is 0 Å². The topological polar surface area (TPSA) is 94.8 Å². The molecule has 0 fully saturated rings. The summed E-state index contributed by atoms with van der Waals surface area (Å²) in [4.78, 5) is 23.2. The summed E-state index contributed by atoms with van der Waals surface area (Å²) in [6.45, 7) is 1.55. The van der Waals surface area contributed by atoms with Crippen molar-refractivity contribution >= 4 is 11.6 Å². The van der Waals surface area contributed by atoms with Crippen molar-refractivity contribution in [1.82, 2.24) is 0 Å². The second-order valence-electron chi connectivity index (χ2n) is 7.37. The molecular weight excluding hydrogens is 332 g/mol. The Morgan fingerprint density at radius 2 is 1.15 bits per heavy atom. The lowest BCUT2D eigenvalue weighted by Crippen LogP contribution is -2.37. The van der Waals surface area contributed by atoms with Crippen LogP contribution in [0.25, 0.3) is 0 Å². The Kier molecular flexibility index (Phi) is 17.1. The summed E-state index contributed by atoms with van der Waals surface area (Å²) in [7, 11) is 0. The van der Waals surface area contributed by atoms with E-state index in [0.29, 0.717) is 6.42 Å². The van der Waals surface area contributed by atoms with Crippen LogP contribution in [0.1, 0.15) is 103 Å². The Hall–Kier alpha value is -0.780. The van der Waals surface area contributed by atoms with Gasteiger partial charge in [0, 0.05) is 6.42 Å². The predicted molar refractivity (Wildman–Crippen MR) is 104 cm³/mol. The molecule has 0 aromatic rings. The van der Waals surface area contributed by atoms with Gasteiger partial charge in [-0.05, 0) is 6.42 Å². The lowest BCUT2D eigenvalue weighted by atomic mass is 10.0. The molecule has 2 unspecified atom stereocenters. The van der Waals surface area contributed by atoms with Crippen molar-refractivity contribution in [1.29, 1.82) is 0 Å². The number of hydrogen-bond acceptors (Lipinski definition) is 5. The van der Waals surface area contributed by atoms with E-state index < -0.39 is 24.6 Å². The number of carbonyl (C=O) groups is 2. The number of rotatable bonds is 19. The zero-order valence-corrected chi connectivity index (χ0v) is 16.6. The van der Waals surface area contributed by atoms with E-state index in [4.69, 9.17) is 5.11 Å². The average Bonchev–Trinajstić information content (AvgIpc) is 2.64. The Morgan fingerprint density at radius 3 is 1.58 bits per heavy atom. The number of ketones is 2. The third-order valence-corrected chi connectivity index (χ3v) is 4.81. The van der Waals surface area contributed by atoms with Crippen molar-refractivity contribution in [2.24, 2.45) is 0 Å². The van der Waals surface area contributed by atoms with Crippen LogP contribution in [0.5, 0.6) is 0 Å². The molecule has 5 heteroatoms. The summed E-state index contributed by atoms with van der Waals surface area (Å²) in [5.74, 6) is -0.923. The van der Waals surface area contributed by atoms with Gasteiger partial charge < -0.3 is 15.3 Å². The molecule has 0 aromatic heterocycles. The fourth-order valence-corrected chi connectivity index (χ4v) is 3.04. The van der Waals surface area contributed by atoms with Gasteiger partial charge in [-0.3, -0.25) is 9.59 Å². The largest absolute Gasteiger partial charge is 0.394 e. The highest BCUT2D eigenvalue weighted by molar-refractivity contribution is 6.01. The van der Waals surface area contributed by atoms with Crippen LogP contribution in [0.15, 0.2) is 0 Å². The first-order valence-electron chi connectivity index (χ1n) is 10.5. The van der Waals surface area contributed by atoms with Crippen molar-refractivity contribution in [2.45, 2.75) is 115 Å². The fraction of sp³-hybridized carbons (Fsp3) is 0.905. The van der Waals surface area contributed by atoms with Gasteiger partial charge in [0.05, 0.1) is 13.0 Å². The zero-order chi connectivity index (χ0) is 19.6. The molecule has 2 atom stereocenters. The highest BCUT2D eigenvalue weighted by Crippen LogP contribution is 2.13. The minimum absolute atomic E-state index is 0.206. The van der Waals surface area contributed by atoms with E-state index in [2.05, 4.69) is 6.92 Å². The highest BCUT2D eigenvalue weighted by atomic mass is 16.4. The summed E-state index contributed by atoms with van der Waals surface area (Å²) in [5, 5.41) is 27.3. The lowest BCUT2D eigenvalue weighted by Gasteiger charge is -2.13. The van der Waals surface area contributed by atoms with Gasteiger partial charge in [0.1, 0.15) is 18.0 Å². The van der Waals surface area contributed by atoms with Gasteiger partial charge in [-0.2, -0.15) is 0 Å². The third kappa shape index (κ3) is 14.4. The van der Waals surface area contributed by atoms with E-state index in [1.165, 1.54) is 64.2 Å². The molecule has 0 radical (unpaired) electrons. The fourth-order valence-electron chi connectivity index (χ4n) is 3.04. The second-order valence-corrected chi connectivity index (χ2v) is 7.37. The smallest absolute Gasteiger partial charge is 0.171 e. The van der Waals surface area contributed by atoms with Crippen LogP contribution in [-0.2, 0) is 9.59 Å². The molecule has 5 nitrogen and oxygen atoms in total. The van der Waals surface area contributed by atoms with E-state index >= 15 is 0 Å². The number of unbranched alkanes of at least 4 members (excludes halogenated alkanes) is 12. The number of aliphatic hydroxyl groups is 3.